The molecule has 0 aliphatic rings. The van der Waals surface area contributed by atoms with E-state index in [2.05, 4.69) is 5.32 Å². The second-order valence-corrected chi connectivity index (χ2v) is 6.21. The minimum Gasteiger partial charge on any atom is -0.478 e. The van der Waals surface area contributed by atoms with E-state index < -0.39 is 11.9 Å². The standard InChI is InChI=1S/C22H17NO6/c1-13-4-2-3-5-17(13)20(24)23-14-6-8-15(9-7-14)29-16-10-11-18(21(25)26)19(12-16)22(27)28/h2-12H,1H3,(H,23,24)(H,25,26)(H,27,28). The highest BCUT2D eigenvalue weighted by Gasteiger charge is 2.17. The Morgan fingerprint density at radius 1 is 0.759 bits per heavy atom. The van der Waals surface area contributed by atoms with Crippen LogP contribution in [-0.2, 0) is 0 Å². The lowest BCUT2D eigenvalue weighted by Crippen LogP contribution is -2.13. The molecule has 1 amide bonds. The average molecular weight is 391 g/mol. The quantitative estimate of drug-likeness (QED) is 0.573. The summed E-state index contributed by atoms with van der Waals surface area (Å²) in [7, 11) is 0. The Hall–Kier alpha value is -4.13. The number of hydrogen-bond acceptors (Lipinski definition) is 4. The fourth-order valence-electron chi connectivity index (χ4n) is 2.72. The number of hydrogen-bond donors (Lipinski definition) is 3. The predicted octanol–water partition coefficient (Wildman–Crippen LogP) is 4.44. The molecule has 146 valence electrons. The van der Waals surface area contributed by atoms with E-state index in [1.807, 2.05) is 19.1 Å². The van der Waals surface area contributed by atoms with Crippen molar-refractivity contribution in [3.63, 3.8) is 0 Å². The molecule has 0 aliphatic carbocycles. The highest BCUT2D eigenvalue weighted by molar-refractivity contribution is 6.05. The van der Waals surface area contributed by atoms with Gasteiger partial charge >= 0.3 is 11.9 Å². The van der Waals surface area contributed by atoms with Crippen LogP contribution in [0.1, 0.15) is 36.6 Å². The predicted molar refractivity (Wildman–Crippen MR) is 106 cm³/mol. The molecular formula is C22H17NO6. The molecule has 0 saturated carbocycles. The molecule has 0 heterocycles. The molecule has 3 aromatic rings. The van der Waals surface area contributed by atoms with E-state index in [0.717, 1.165) is 11.6 Å². The van der Waals surface area contributed by atoms with Gasteiger partial charge in [0.1, 0.15) is 11.5 Å². The van der Waals surface area contributed by atoms with Gasteiger partial charge in [0.2, 0.25) is 0 Å². The monoisotopic (exact) mass is 391 g/mol. The molecule has 0 radical (unpaired) electrons. The molecule has 29 heavy (non-hydrogen) atoms. The van der Waals surface area contributed by atoms with E-state index in [1.165, 1.54) is 12.1 Å². The van der Waals surface area contributed by atoms with Crippen molar-refractivity contribution in [3.8, 4) is 11.5 Å². The van der Waals surface area contributed by atoms with E-state index in [0.29, 0.717) is 17.0 Å². The Kier molecular flexibility index (Phi) is 5.59. The van der Waals surface area contributed by atoms with E-state index in [-0.39, 0.29) is 22.8 Å². The first kappa shape index (κ1) is 19.6. The van der Waals surface area contributed by atoms with Crippen molar-refractivity contribution in [1.82, 2.24) is 0 Å². The number of ether oxygens (including phenoxy) is 1. The van der Waals surface area contributed by atoms with Gasteiger partial charge in [0.05, 0.1) is 11.1 Å². The lowest BCUT2D eigenvalue weighted by molar-refractivity contribution is 0.0651. The number of nitrogens with one attached hydrogen (secondary N) is 1. The lowest BCUT2D eigenvalue weighted by atomic mass is 10.1. The van der Waals surface area contributed by atoms with Crippen LogP contribution in [0.3, 0.4) is 0 Å². The largest absolute Gasteiger partial charge is 0.478 e. The highest BCUT2D eigenvalue weighted by Crippen LogP contribution is 2.26. The van der Waals surface area contributed by atoms with Gasteiger partial charge in [-0.1, -0.05) is 18.2 Å². The summed E-state index contributed by atoms with van der Waals surface area (Å²) in [5.74, 6) is -2.33. The molecule has 3 rings (SSSR count). The van der Waals surface area contributed by atoms with Crippen LogP contribution < -0.4 is 10.1 Å². The third-order valence-electron chi connectivity index (χ3n) is 4.19. The number of amides is 1. The van der Waals surface area contributed by atoms with Crippen molar-refractivity contribution in [2.75, 3.05) is 5.32 Å². The third-order valence-corrected chi connectivity index (χ3v) is 4.19. The Labute approximate surface area is 166 Å². The lowest BCUT2D eigenvalue weighted by Gasteiger charge is -2.10. The van der Waals surface area contributed by atoms with Crippen molar-refractivity contribution in [2.24, 2.45) is 0 Å². The van der Waals surface area contributed by atoms with Gasteiger partial charge in [0.25, 0.3) is 5.91 Å². The Morgan fingerprint density at radius 3 is 2.00 bits per heavy atom. The van der Waals surface area contributed by atoms with Gasteiger partial charge in [-0.15, -0.1) is 0 Å². The van der Waals surface area contributed by atoms with E-state index in [9.17, 15) is 19.5 Å². The first-order valence-electron chi connectivity index (χ1n) is 8.60. The van der Waals surface area contributed by atoms with Crippen LogP contribution in [0.15, 0.2) is 66.7 Å². The second kappa shape index (κ2) is 8.26. The fourth-order valence-corrected chi connectivity index (χ4v) is 2.72. The van der Waals surface area contributed by atoms with Crippen molar-refractivity contribution in [2.45, 2.75) is 6.92 Å². The van der Waals surface area contributed by atoms with Crippen LogP contribution >= 0.6 is 0 Å². The van der Waals surface area contributed by atoms with Crippen molar-refractivity contribution < 1.29 is 29.3 Å². The molecule has 0 fully saturated rings. The topological polar surface area (TPSA) is 113 Å². The average Bonchev–Trinajstić information content (AvgIpc) is 2.69. The first-order chi connectivity index (χ1) is 13.8. The van der Waals surface area contributed by atoms with Crippen molar-refractivity contribution >= 4 is 23.5 Å². The number of carboxylic acids is 2. The molecular weight excluding hydrogens is 374 g/mol. The number of benzene rings is 3. The summed E-state index contributed by atoms with van der Waals surface area (Å²) in [6.07, 6.45) is 0. The van der Waals surface area contributed by atoms with Gasteiger partial charge in [-0.3, -0.25) is 4.79 Å². The Morgan fingerprint density at radius 2 is 1.38 bits per heavy atom. The van der Waals surface area contributed by atoms with Crippen molar-refractivity contribution in [3.05, 3.63) is 89.0 Å². The van der Waals surface area contributed by atoms with E-state index >= 15 is 0 Å². The zero-order valence-electron chi connectivity index (χ0n) is 15.4. The molecule has 0 aliphatic heterocycles. The molecule has 0 unspecified atom stereocenters. The third kappa shape index (κ3) is 4.59. The summed E-state index contributed by atoms with van der Waals surface area (Å²) in [5, 5.41) is 21.0. The second-order valence-electron chi connectivity index (χ2n) is 6.21. The van der Waals surface area contributed by atoms with Crippen LogP contribution in [0.2, 0.25) is 0 Å². The molecule has 7 nitrogen and oxygen atoms in total. The number of aryl methyl sites for hydroxylation is 1. The molecule has 0 aromatic heterocycles. The first-order valence-corrected chi connectivity index (χ1v) is 8.60. The number of carbonyl (C=O) groups is 3. The van der Waals surface area contributed by atoms with Crippen LogP contribution in [0.5, 0.6) is 11.5 Å². The summed E-state index contributed by atoms with van der Waals surface area (Å²) in [4.78, 5) is 34.7. The maximum atomic E-state index is 12.4. The van der Waals surface area contributed by atoms with Crippen LogP contribution in [0, 0.1) is 6.92 Å². The Balaban J connectivity index is 1.73. The number of anilines is 1. The van der Waals surface area contributed by atoms with Crippen LogP contribution in [0.4, 0.5) is 5.69 Å². The Bertz CT molecular complexity index is 1090. The summed E-state index contributed by atoms with van der Waals surface area (Å²) >= 11 is 0. The molecule has 0 bridgehead atoms. The van der Waals surface area contributed by atoms with Gasteiger partial charge < -0.3 is 20.3 Å². The van der Waals surface area contributed by atoms with Gasteiger partial charge in [0.15, 0.2) is 0 Å². The number of aromatic carboxylic acids is 2. The molecule has 3 aromatic carbocycles. The fraction of sp³-hybridized carbons (Fsp3) is 0.0455. The molecule has 0 saturated heterocycles. The smallest absolute Gasteiger partial charge is 0.336 e. The number of carbonyl (C=O) groups excluding carboxylic acids is 1. The minimum atomic E-state index is -1.36. The maximum Gasteiger partial charge on any atom is 0.336 e. The summed E-state index contributed by atoms with van der Waals surface area (Å²) < 4.78 is 5.60. The summed E-state index contributed by atoms with van der Waals surface area (Å²) in [5.41, 5.74) is 1.32. The van der Waals surface area contributed by atoms with E-state index in [1.54, 1.807) is 36.4 Å². The normalized spacial score (nSPS) is 10.2. The van der Waals surface area contributed by atoms with E-state index in [4.69, 9.17) is 9.84 Å². The van der Waals surface area contributed by atoms with Crippen LogP contribution in [-0.4, -0.2) is 28.1 Å². The zero-order chi connectivity index (χ0) is 21.0. The van der Waals surface area contributed by atoms with Gasteiger partial charge in [-0.05, 0) is 61.0 Å². The molecule has 0 atom stereocenters. The maximum absolute atomic E-state index is 12.4. The number of rotatable bonds is 6. The van der Waals surface area contributed by atoms with Crippen LogP contribution in [0.25, 0.3) is 0 Å². The molecule has 0 spiro atoms. The van der Waals surface area contributed by atoms with Crippen molar-refractivity contribution in [1.29, 1.82) is 0 Å². The van der Waals surface area contributed by atoms with Gasteiger partial charge in [0, 0.05) is 11.3 Å². The number of carboxylic acid groups (broad SMARTS) is 2. The SMILES string of the molecule is Cc1ccccc1C(=O)Nc1ccc(Oc2ccc(C(=O)O)c(C(=O)O)c2)cc1. The molecule has 3 N–H and O–H groups in total. The van der Waals surface area contributed by atoms with Gasteiger partial charge in [-0.25, -0.2) is 9.59 Å². The summed E-state index contributed by atoms with van der Waals surface area (Å²) in [6, 6.07) is 17.5. The molecule has 7 heteroatoms. The van der Waals surface area contributed by atoms with Gasteiger partial charge in [-0.2, -0.15) is 0 Å². The highest BCUT2D eigenvalue weighted by atomic mass is 16.5. The zero-order valence-corrected chi connectivity index (χ0v) is 15.4. The minimum absolute atomic E-state index is 0.184. The summed E-state index contributed by atoms with van der Waals surface area (Å²) in [6.45, 7) is 1.85.